The van der Waals surface area contributed by atoms with E-state index in [4.69, 9.17) is 0 Å². The van der Waals surface area contributed by atoms with Crippen LogP contribution in [0, 0.1) is 0 Å². The van der Waals surface area contributed by atoms with Crippen LogP contribution in [0.2, 0.25) is 0 Å². The lowest BCUT2D eigenvalue weighted by molar-refractivity contribution is -0.114. The minimum absolute atomic E-state index is 0.395. The van der Waals surface area contributed by atoms with Crippen molar-refractivity contribution in [3.8, 4) is 0 Å². The van der Waals surface area contributed by atoms with E-state index in [-0.39, 0.29) is 0 Å². The molecule has 0 bridgehead atoms. The molecule has 0 saturated carbocycles. The van der Waals surface area contributed by atoms with E-state index in [1.54, 1.807) is 11.0 Å². The van der Waals surface area contributed by atoms with Crippen LogP contribution in [0.3, 0.4) is 0 Å². The van der Waals surface area contributed by atoms with Crippen LogP contribution in [-0.2, 0) is 4.79 Å². The van der Waals surface area contributed by atoms with Gasteiger partial charge in [-0.3, -0.25) is 9.59 Å². The fourth-order valence-electron chi connectivity index (χ4n) is 2.98. The highest BCUT2D eigenvalue weighted by Gasteiger charge is 2.36. The Kier molecular flexibility index (Phi) is 3.89. The molecule has 5 heteroatoms. The first-order valence-corrected chi connectivity index (χ1v) is 7.85. The second-order valence-electron chi connectivity index (χ2n) is 5.32. The summed E-state index contributed by atoms with van der Waals surface area (Å²) in [5, 5.41) is 0. The van der Waals surface area contributed by atoms with E-state index >= 15 is 0 Å². The molecule has 1 fully saturated rings. The first-order chi connectivity index (χ1) is 9.68. The maximum absolute atomic E-state index is 12.1. The Morgan fingerprint density at radius 2 is 1.85 bits per heavy atom. The van der Waals surface area contributed by atoms with Gasteiger partial charge < -0.3 is 9.80 Å². The molecular weight excluding hydrogens is 320 g/mol. The average Bonchev–Trinajstić information content (AvgIpc) is 3.02. The summed E-state index contributed by atoms with van der Waals surface area (Å²) in [5.74, 6) is -0.790. The Morgan fingerprint density at radius 1 is 1.10 bits per heavy atom. The summed E-state index contributed by atoms with van der Waals surface area (Å²) >= 11 is 3.36. The summed E-state index contributed by atoms with van der Waals surface area (Å²) in [6.45, 7) is 3.94. The van der Waals surface area contributed by atoms with Crippen LogP contribution in [0.4, 0.5) is 5.69 Å². The maximum atomic E-state index is 12.1. The van der Waals surface area contributed by atoms with Gasteiger partial charge in [-0.25, -0.2) is 0 Å². The van der Waals surface area contributed by atoms with Crippen molar-refractivity contribution in [2.24, 2.45) is 0 Å². The molecule has 1 saturated heterocycles. The zero-order chi connectivity index (χ0) is 14.1. The van der Waals surface area contributed by atoms with Crippen LogP contribution in [0.15, 0.2) is 22.7 Å². The molecular formula is C15H17BrN2O2. The summed E-state index contributed by atoms with van der Waals surface area (Å²) in [6.07, 6.45) is 3.46. The quantitative estimate of drug-likeness (QED) is 0.793. The summed E-state index contributed by atoms with van der Waals surface area (Å²) in [4.78, 5) is 28.1. The van der Waals surface area contributed by atoms with Crippen molar-refractivity contribution in [2.45, 2.75) is 19.3 Å². The minimum Gasteiger partial charge on any atom is -0.305 e. The first-order valence-electron chi connectivity index (χ1n) is 7.05. The number of benzene rings is 1. The standard InChI is InChI=1S/C15H17BrN2O2/c16-11-5-3-6-12-13(11)14(19)15(20)18(12)10-4-9-17-7-1-2-8-17/h3,5-6H,1-2,4,7-10H2. The highest BCUT2D eigenvalue weighted by molar-refractivity contribution is 9.10. The number of likely N-dealkylation sites (tertiary alicyclic amines) is 1. The Morgan fingerprint density at radius 3 is 2.60 bits per heavy atom. The highest BCUT2D eigenvalue weighted by atomic mass is 79.9. The van der Waals surface area contributed by atoms with Crippen molar-refractivity contribution in [1.29, 1.82) is 0 Å². The number of carbonyl (C=O) groups is 2. The zero-order valence-electron chi connectivity index (χ0n) is 11.3. The maximum Gasteiger partial charge on any atom is 0.299 e. The highest BCUT2D eigenvalue weighted by Crippen LogP contribution is 2.34. The number of rotatable bonds is 4. The molecule has 2 aliphatic rings. The van der Waals surface area contributed by atoms with Gasteiger partial charge in [0.25, 0.3) is 11.7 Å². The van der Waals surface area contributed by atoms with Gasteiger partial charge in [-0.15, -0.1) is 0 Å². The lowest BCUT2D eigenvalue weighted by Gasteiger charge is -2.19. The van der Waals surface area contributed by atoms with E-state index in [1.165, 1.54) is 12.8 Å². The number of Topliss-reactive ketones (excluding diaryl/α,β-unsaturated/α-hetero) is 1. The number of ketones is 1. The van der Waals surface area contributed by atoms with Crippen LogP contribution in [0.5, 0.6) is 0 Å². The Bertz CT molecular complexity index is 553. The molecule has 0 N–H and O–H groups in total. The molecule has 0 atom stereocenters. The molecule has 106 valence electrons. The van der Waals surface area contributed by atoms with Crippen molar-refractivity contribution in [3.05, 3.63) is 28.2 Å². The van der Waals surface area contributed by atoms with E-state index in [1.807, 2.05) is 12.1 Å². The zero-order valence-corrected chi connectivity index (χ0v) is 12.9. The predicted octanol–water partition coefficient (Wildman–Crippen LogP) is 2.46. The number of halogens is 1. The molecule has 0 radical (unpaired) electrons. The van der Waals surface area contributed by atoms with Gasteiger partial charge >= 0.3 is 0 Å². The fourth-order valence-corrected chi connectivity index (χ4v) is 3.52. The SMILES string of the molecule is O=C1C(=O)N(CCCN2CCCC2)c2cccc(Br)c21. The smallest absolute Gasteiger partial charge is 0.299 e. The van der Waals surface area contributed by atoms with Crippen molar-refractivity contribution >= 4 is 33.3 Å². The van der Waals surface area contributed by atoms with Crippen LogP contribution in [0.1, 0.15) is 29.6 Å². The van der Waals surface area contributed by atoms with E-state index in [2.05, 4.69) is 20.8 Å². The van der Waals surface area contributed by atoms with Crippen molar-refractivity contribution in [1.82, 2.24) is 4.90 Å². The molecule has 2 heterocycles. The lowest BCUT2D eigenvalue weighted by Crippen LogP contribution is -2.33. The summed E-state index contributed by atoms with van der Waals surface area (Å²) < 4.78 is 0.704. The predicted molar refractivity (Wildman–Crippen MR) is 81.1 cm³/mol. The van der Waals surface area contributed by atoms with Crippen LogP contribution in [-0.4, -0.2) is 42.8 Å². The molecule has 1 aromatic rings. The van der Waals surface area contributed by atoms with Gasteiger partial charge in [0.15, 0.2) is 0 Å². The summed E-state index contributed by atoms with van der Waals surface area (Å²) in [5.41, 5.74) is 1.26. The lowest BCUT2D eigenvalue weighted by atomic mass is 10.1. The van der Waals surface area contributed by atoms with Gasteiger partial charge in [0.05, 0.1) is 11.3 Å². The van der Waals surface area contributed by atoms with E-state index in [0.717, 1.165) is 31.7 Å². The minimum atomic E-state index is -0.395. The molecule has 4 nitrogen and oxygen atoms in total. The molecule has 20 heavy (non-hydrogen) atoms. The molecule has 0 aliphatic carbocycles. The van der Waals surface area contributed by atoms with E-state index < -0.39 is 11.7 Å². The van der Waals surface area contributed by atoms with E-state index in [9.17, 15) is 9.59 Å². The Labute approximate surface area is 126 Å². The number of fused-ring (bicyclic) bond motifs is 1. The van der Waals surface area contributed by atoms with E-state index in [0.29, 0.717) is 16.6 Å². The number of hydrogen-bond donors (Lipinski definition) is 0. The third-order valence-electron chi connectivity index (χ3n) is 4.00. The van der Waals surface area contributed by atoms with Gasteiger partial charge in [-0.05, 0) is 67.0 Å². The van der Waals surface area contributed by atoms with Crippen LogP contribution in [0.25, 0.3) is 0 Å². The van der Waals surface area contributed by atoms with Crippen LogP contribution >= 0.6 is 15.9 Å². The fraction of sp³-hybridized carbons (Fsp3) is 0.467. The first kappa shape index (κ1) is 13.8. The average molecular weight is 337 g/mol. The topological polar surface area (TPSA) is 40.6 Å². The van der Waals surface area contributed by atoms with Crippen molar-refractivity contribution in [3.63, 3.8) is 0 Å². The Balaban J connectivity index is 1.69. The molecule has 0 spiro atoms. The number of anilines is 1. The summed E-state index contributed by atoms with van der Waals surface area (Å²) in [7, 11) is 0. The van der Waals surface area contributed by atoms with Gasteiger partial charge in [0.2, 0.25) is 0 Å². The third kappa shape index (κ3) is 2.40. The van der Waals surface area contributed by atoms with Crippen molar-refractivity contribution in [2.75, 3.05) is 31.1 Å². The molecule has 1 amide bonds. The van der Waals surface area contributed by atoms with Gasteiger partial charge in [-0.1, -0.05) is 6.07 Å². The normalized spacial score (nSPS) is 18.9. The number of nitrogens with zero attached hydrogens (tertiary/aromatic N) is 2. The van der Waals surface area contributed by atoms with Gasteiger partial charge in [0, 0.05) is 11.0 Å². The van der Waals surface area contributed by atoms with Crippen LogP contribution < -0.4 is 4.90 Å². The number of carbonyl (C=O) groups excluding carboxylic acids is 2. The largest absolute Gasteiger partial charge is 0.305 e. The third-order valence-corrected chi connectivity index (χ3v) is 4.66. The molecule has 2 aliphatic heterocycles. The summed E-state index contributed by atoms with van der Waals surface area (Å²) in [6, 6.07) is 5.51. The molecule has 0 unspecified atom stereocenters. The Hall–Kier alpha value is -1.20. The monoisotopic (exact) mass is 336 g/mol. The van der Waals surface area contributed by atoms with Gasteiger partial charge in [-0.2, -0.15) is 0 Å². The number of hydrogen-bond acceptors (Lipinski definition) is 3. The molecule has 3 rings (SSSR count). The second-order valence-corrected chi connectivity index (χ2v) is 6.18. The molecule has 1 aromatic carbocycles. The van der Waals surface area contributed by atoms with Gasteiger partial charge in [0.1, 0.15) is 0 Å². The molecule has 0 aromatic heterocycles. The number of amides is 1. The second kappa shape index (κ2) is 5.66. The van der Waals surface area contributed by atoms with Crippen molar-refractivity contribution < 1.29 is 9.59 Å².